The van der Waals surface area contributed by atoms with Gasteiger partial charge in [-0.05, 0) is 77.9 Å². The fourth-order valence-corrected chi connectivity index (χ4v) is 4.13. The van der Waals surface area contributed by atoms with Gasteiger partial charge in [0.15, 0.2) is 0 Å². The molecule has 1 amide bonds. The fourth-order valence-electron chi connectivity index (χ4n) is 3.77. The number of imidazole rings is 1. The molecule has 0 radical (unpaired) electrons. The number of halogens is 1. The molecule has 1 aromatic carbocycles. The average Bonchev–Trinajstić information content (AvgIpc) is 3.04. The molecule has 5 nitrogen and oxygen atoms in total. The molecule has 27 heavy (non-hydrogen) atoms. The van der Waals surface area contributed by atoms with Crippen molar-refractivity contribution in [1.82, 2.24) is 19.4 Å². The molecule has 0 unspecified atom stereocenters. The van der Waals surface area contributed by atoms with Gasteiger partial charge in [-0.2, -0.15) is 0 Å². The lowest BCUT2D eigenvalue weighted by molar-refractivity contribution is 0.0683. The van der Waals surface area contributed by atoms with Crippen LogP contribution in [-0.4, -0.2) is 38.4 Å². The predicted octanol–water partition coefficient (Wildman–Crippen LogP) is 4.36. The lowest BCUT2D eigenvalue weighted by atomic mass is 9.96. The van der Waals surface area contributed by atoms with E-state index >= 15 is 0 Å². The van der Waals surface area contributed by atoms with Gasteiger partial charge < -0.3 is 9.47 Å². The first kappa shape index (κ1) is 18.2. The van der Waals surface area contributed by atoms with Crippen LogP contribution in [0.25, 0.3) is 11.0 Å². The standard InChI is InChI=1S/C21H23BrN4O/c1-14-7-19-20(8-15(14)2)26(13-24-19)12-16-3-5-25(6-4-16)21(27)17-9-18(22)11-23-10-17/h7-11,13,16H,3-6,12H2,1-2H3. The van der Waals surface area contributed by atoms with Gasteiger partial charge in [0.1, 0.15) is 0 Å². The summed E-state index contributed by atoms with van der Waals surface area (Å²) in [7, 11) is 0. The Labute approximate surface area is 167 Å². The highest BCUT2D eigenvalue weighted by Crippen LogP contribution is 2.24. The third-order valence-electron chi connectivity index (χ3n) is 5.54. The Morgan fingerprint density at radius 3 is 2.63 bits per heavy atom. The summed E-state index contributed by atoms with van der Waals surface area (Å²) in [6.45, 7) is 6.81. The summed E-state index contributed by atoms with van der Waals surface area (Å²) < 4.78 is 3.10. The molecule has 1 fully saturated rings. The summed E-state index contributed by atoms with van der Waals surface area (Å²) in [6.07, 6.45) is 7.31. The predicted molar refractivity (Wildman–Crippen MR) is 110 cm³/mol. The number of hydrogen-bond acceptors (Lipinski definition) is 3. The number of fused-ring (bicyclic) bond motifs is 1. The average molecular weight is 427 g/mol. The summed E-state index contributed by atoms with van der Waals surface area (Å²) in [4.78, 5) is 23.3. The molecule has 4 rings (SSSR count). The van der Waals surface area contributed by atoms with Crippen molar-refractivity contribution in [3.8, 4) is 0 Å². The Balaban J connectivity index is 1.41. The molecule has 0 aliphatic carbocycles. The van der Waals surface area contributed by atoms with Crippen molar-refractivity contribution in [3.63, 3.8) is 0 Å². The zero-order valence-electron chi connectivity index (χ0n) is 15.7. The van der Waals surface area contributed by atoms with Crippen molar-refractivity contribution < 1.29 is 4.79 Å². The van der Waals surface area contributed by atoms with Crippen LogP contribution in [0, 0.1) is 19.8 Å². The Kier molecular flexibility index (Phi) is 5.00. The normalized spacial score (nSPS) is 15.4. The van der Waals surface area contributed by atoms with E-state index < -0.39 is 0 Å². The number of benzene rings is 1. The lowest BCUT2D eigenvalue weighted by Gasteiger charge is -2.32. The van der Waals surface area contributed by atoms with E-state index in [1.165, 1.54) is 16.6 Å². The van der Waals surface area contributed by atoms with E-state index in [4.69, 9.17) is 0 Å². The topological polar surface area (TPSA) is 51.0 Å². The number of aryl methyl sites for hydroxylation is 2. The Hall–Kier alpha value is -2.21. The molecular weight excluding hydrogens is 404 g/mol. The summed E-state index contributed by atoms with van der Waals surface area (Å²) in [5.41, 5.74) is 5.49. The van der Waals surface area contributed by atoms with Crippen LogP contribution >= 0.6 is 15.9 Å². The van der Waals surface area contributed by atoms with Gasteiger partial charge >= 0.3 is 0 Å². The number of carbonyl (C=O) groups excluding carboxylic acids is 1. The SMILES string of the molecule is Cc1cc2ncn(CC3CCN(C(=O)c4cncc(Br)c4)CC3)c2cc1C. The molecule has 2 aromatic heterocycles. The third-order valence-corrected chi connectivity index (χ3v) is 5.98. The number of nitrogens with zero attached hydrogens (tertiary/aromatic N) is 4. The van der Waals surface area contributed by atoms with Crippen LogP contribution in [0.2, 0.25) is 0 Å². The van der Waals surface area contributed by atoms with E-state index in [1.54, 1.807) is 12.4 Å². The Bertz CT molecular complexity index is 989. The van der Waals surface area contributed by atoms with Gasteiger partial charge in [-0.1, -0.05) is 0 Å². The molecule has 1 saturated heterocycles. The molecule has 1 aliphatic rings. The zero-order valence-corrected chi connectivity index (χ0v) is 17.2. The lowest BCUT2D eigenvalue weighted by Crippen LogP contribution is -2.39. The number of likely N-dealkylation sites (tertiary alicyclic amines) is 1. The number of pyridine rings is 1. The van der Waals surface area contributed by atoms with Crippen molar-refractivity contribution in [1.29, 1.82) is 0 Å². The maximum atomic E-state index is 12.7. The number of hydrogen-bond donors (Lipinski definition) is 0. The number of piperidine rings is 1. The minimum atomic E-state index is 0.0708. The van der Waals surface area contributed by atoms with Crippen LogP contribution in [0.5, 0.6) is 0 Å². The molecule has 3 heterocycles. The summed E-state index contributed by atoms with van der Waals surface area (Å²) >= 11 is 3.38. The molecule has 0 spiro atoms. The van der Waals surface area contributed by atoms with Gasteiger partial charge in [-0.25, -0.2) is 4.98 Å². The summed E-state index contributed by atoms with van der Waals surface area (Å²) in [5.74, 6) is 0.634. The van der Waals surface area contributed by atoms with Crippen molar-refractivity contribution >= 4 is 32.9 Å². The second-order valence-electron chi connectivity index (χ2n) is 7.45. The van der Waals surface area contributed by atoms with Gasteiger partial charge in [0.25, 0.3) is 5.91 Å². The zero-order chi connectivity index (χ0) is 19.0. The molecule has 0 atom stereocenters. The van der Waals surface area contributed by atoms with Gasteiger partial charge in [-0.3, -0.25) is 9.78 Å². The van der Waals surface area contributed by atoms with Gasteiger partial charge in [0.05, 0.1) is 22.9 Å². The molecule has 1 aliphatic heterocycles. The summed E-state index contributed by atoms with van der Waals surface area (Å²) in [5, 5.41) is 0. The van der Waals surface area contributed by atoms with Crippen LogP contribution in [0.15, 0.2) is 41.4 Å². The van der Waals surface area contributed by atoms with Crippen LogP contribution in [-0.2, 0) is 6.54 Å². The number of amides is 1. The van der Waals surface area contributed by atoms with Crippen LogP contribution in [0.1, 0.15) is 34.3 Å². The second-order valence-corrected chi connectivity index (χ2v) is 8.37. The first-order chi connectivity index (χ1) is 13.0. The maximum absolute atomic E-state index is 12.7. The number of carbonyl (C=O) groups is 1. The smallest absolute Gasteiger partial charge is 0.255 e. The molecular formula is C21H23BrN4O. The van der Waals surface area contributed by atoms with E-state index in [0.717, 1.165) is 42.5 Å². The molecule has 3 aromatic rings. The van der Waals surface area contributed by atoms with Crippen LogP contribution < -0.4 is 0 Å². The van der Waals surface area contributed by atoms with Crippen molar-refractivity contribution in [2.24, 2.45) is 5.92 Å². The minimum Gasteiger partial charge on any atom is -0.339 e. The third kappa shape index (κ3) is 3.76. The molecule has 0 bridgehead atoms. The number of aromatic nitrogens is 3. The fraction of sp³-hybridized carbons (Fsp3) is 0.381. The van der Waals surface area contributed by atoms with E-state index in [1.807, 2.05) is 17.3 Å². The molecule has 0 saturated carbocycles. The highest BCUT2D eigenvalue weighted by Gasteiger charge is 2.24. The van der Waals surface area contributed by atoms with Crippen molar-refractivity contribution in [2.75, 3.05) is 13.1 Å². The van der Waals surface area contributed by atoms with Gasteiger partial charge in [0.2, 0.25) is 0 Å². The first-order valence-corrected chi connectivity index (χ1v) is 10.1. The van der Waals surface area contributed by atoms with E-state index in [0.29, 0.717) is 11.5 Å². The Morgan fingerprint density at radius 1 is 1.15 bits per heavy atom. The largest absolute Gasteiger partial charge is 0.339 e. The van der Waals surface area contributed by atoms with E-state index in [9.17, 15) is 4.79 Å². The van der Waals surface area contributed by atoms with Gasteiger partial charge in [-0.15, -0.1) is 0 Å². The highest BCUT2D eigenvalue weighted by atomic mass is 79.9. The van der Waals surface area contributed by atoms with Crippen molar-refractivity contribution in [3.05, 3.63) is 58.1 Å². The summed E-state index contributed by atoms with van der Waals surface area (Å²) in [6, 6.07) is 6.23. The maximum Gasteiger partial charge on any atom is 0.255 e. The molecule has 0 N–H and O–H groups in total. The molecule has 140 valence electrons. The van der Waals surface area contributed by atoms with Crippen LogP contribution in [0.4, 0.5) is 0 Å². The number of rotatable bonds is 3. The quantitative estimate of drug-likeness (QED) is 0.624. The second kappa shape index (κ2) is 7.43. The van der Waals surface area contributed by atoms with E-state index in [2.05, 4.69) is 56.4 Å². The monoisotopic (exact) mass is 426 g/mol. The Morgan fingerprint density at radius 2 is 1.89 bits per heavy atom. The van der Waals surface area contributed by atoms with E-state index in [-0.39, 0.29) is 5.91 Å². The minimum absolute atomic E-state index is 0.0708. The highest BCUT2D eigenvalue weighted by molar-refractivity contribution is 9.10. The molecule has 6 heteroatoms. The van der Waals surface area contributed by atoms with Crippen molar-refractivity contribution in [2.45, 2.75) is 33.2 Å². The van der Waals surface area contributed by atoms with Crippen LogP contribution in [0.3, 0.4) is 0 Å². The van der Waals surface area contributed by atoms with Gasteiger partial charge in [0, 0.05) is 36.5 Å². The first-order valence-electron chi connectivity index (χ1n) is 9.33.